The molecule has 0 spiro atoms. The van der Waals surface area contributed by atoms with E-state index in [1.165, 1.54) is 6.20 Å². The number of rotatable bonds is 6. The van der Waals surface area contributed by atoms with Gasteiger partial charge in [0, 0.05) is 12.2 Å². The fourth-order valence-corrected chi connectivity index (χ4v) is 1.41. The van der Waals surface area contributed by atoms with E-state index >= 15 is 0 Å². The van der Waals surface area contributed by atoms with Gasteiger partial charge in [-0.1, -0.05) is 6.92 Å². The minimum atomic E-state index is -0.465. The standard InChI is InChI=1S/C11H18N4O/c1-2-9(5-6-12)15-10-4-3-8(7-14-10)11(13)16/h3-4,7,9H,2,5-6,12H2,1H3,(H2,13,16)(H,14,15). The number of pyridine rings is 1. The third-order valence-electron chi connectivity index (χ3n) is 2.41. The lowest BCUT2D eigenvalue weighted by molar-refractivity contribution is 0.1000. The summed E-state index contributed by atoms with van der Waals surface area (Å²) >= 11 is 0. The van der Waals surface area contributed by atoms with Crippen molar-refractivity contribution in [1.82, 2.24) is 4.98 Å². The minimum Gasteiger partial charge on any atom is -0.367 e. The molecule has 5 N–H and O–H groups in total. The van der Waals surface area contributed by atoms with Gasteiger partial charge in [-0.3, -0.25) is 4.79 Å². The van der Waals surface area contributed by atoms with Gasteiger partial charge in [0.15, 0.2) is 0 Å². The predicted molar refractivity (Wildman–Crippen MR) is 64.1 cm³/mol. The molecule has 0 saturated carbocycles. The summed E-state index contributed by atoms with van der Waals surface area (Å²) in [5, 5.41) is 3.25. The van der Waals surface area contributed by atoms with Gasteiger partial charge < -0.3 is 16.8 Å². The van der Waals surface area contributed by atoms with Crippen molar-refractivity contribution in [3.8, 4) is 0 Å². The summed E-state index contributed by atoms with van der Waals surface area (Å²) < 4.78 is 0. The molecule has 1 aromatic rings. The number of carbonyl (C=O) groups excluding carboxylic acids is 1. The number of anilines is 1. The van der Waals surface area contributed by atoms with E-state index in [2.05, 4.69) is 17.2 Å². The molecule has 16 heavy (non-hydrogen) atoms. The van der Waals surface area contributed by atoms with Crippen molar-refractivity contribution < 1.29 is 4.79 Å². The number of carbonyl (C=O) groups is 1. The number of nitrogens with one attached hydrogen (secondary N) is 1. The lowest BCUT2D eigenvalue weighted by atomic mass is 10.1. The number of amides is 1. The third-order valence-corrected chi connectivity index (χ3v) is 2.41. The molecule has 1 atom stereocenters. The van der Waals surface area contributed by atoms with Crippen LogP contribution in [0.3, 0.4) is 0 Å². The van der Waals surface area contributed by atoms with Gasteiger partial charge in [0.1, 0.15) is 5.82 Å². The van der Waals surface area contributed by atoms with Gasteiger partial charge in [-0.05, 0) is 31.5 Å². The van der Waals surface area contributed by atoms with Crippen LogP contribution in [-0.2, 0) is 0 Å². The van der Waals surface area contributed by atoms with E-state index in [1.54, 1.807) is 12.1 Å². The topological polar surface area (TPSA) is 94.0 Å². The Morgan fingerprint density at radius 3 is 2.75 bits per heavy atom. The highest BCUT2D eigenvalue weighted by atomic mass is 16.1. The number of nitrogens with two attached hydrogens (primary N) is 2. The van der Waals surface area contributed by atoms with E-state index in [1.807, 2.05) is 0 Å². The van der Waals surface area contributed by atoms with Crippen molar-refractivity contribution >= 4 is 11.7 Å². The number of primary amides is 1. The van der Waals surface area contributed by atoms with E-state index in [0.717, 1.165) is 18.7 Å². The highest BCUT2D eigenvalue weighted by Crippen LogP contribution is 2.09. The Labute approximate surface area is 95.2 Å². The Hall–Kier alpha value is -1.62. The summed E-state index contributed by atoms with van der Waals surface area (Å²) in [4.78, 5) is 15.0. The first-order valence-corrected chi connectivity index (χ1v) is 5.39. The molecule has 88 valence electrons. The average molecular weight is 222 g/mol. The number of nitrogens with zero attached hydrogens (tertiary/aromatic N) is 1. The molecule has 1 heterocycles. The Kier molecular flexibility index (Phi) is 4.72. The zero-order valence-corrected chi connectivity index (χ0v) is 9.44. The molecule has 0 aliphatic heterocycles. The molecule has 5 nitrogen and oxygen atoms in total. The summed E-state index contributed by atoms with van der Waals surface area (Å²) in [7, 11) is 0. The molecule has 1 amide bonds. The van der Waals surface area contributed by atoms with Crippen LogP contribution in [0.1, 0.15) is 30.1 Å². The number of hydrogen-bond acceptors (Lipinski definition) is 4. The van der Waals surface area contributed by atoms with Crippen molar-refractivity contribution in [3.63, 3.8) is 0 Å². The first-order chi connectivity index (χ1) is 7.67. The van der Waals surface area contributed by atoms with E-state index in [-0.39, 0.29) is 0 Å². The van der Waals surface area contributed by atoms with Gasteiger partial charge >= 0.3 is 0 Å². The third kappa shape index (κ3) is 3.51. The fraction of sp³-hybridized carbons (Fsp3) is 0.455. The zero-order chi connectivity index (χ0) is 12.0. The molecule has 0 bridgehead atoms. The highest BCUT2D eigenvalue weighted by Gasteiger charge is 2.06. The van der Waals surface area contributed by atoms with Gasteiger partial charge in [0.25, 0.3) is 0 Å². The summed E-state index contributed by atoms with van der Waals surface area (Å²) in [6.07, 6.45) is 3.35. The lowest BCUT2D eigenvalue weighted by Gasteiger charge is -2.16. The summed E-state index contributed by atoms with van der Waals surface area (Å²) in [6.45, 7) is 2.73. The molecule has 0 saturated heterocycles. The van der Waals surface area contributed by atoms with Gasteiger partial charge in [0.2, 0.25) is 5.91 Å². The van der Waals surface area contributed by atoms with Crippen LogP contribution in [0.4, 0.5) is 5.82 Å². The summed E-state index contributed by atoms with van der Waals surface area (Å²) in [5.41, 5.74) is 11.0. The smallest absolute Gasteiger partial charge is 0.250 e. The van der Waals surface area contributed by atoms with Crippen molar-refractivity contribution in [3.05, 3.63) is 23.9 Å². The van der Waals surface area contributed by atoms with Crippen LogP contribution >= 0.6 is 0 Å². The maximum absolute atomic E-state index is 10.8. The Morgan fingerprint density at radius 1 is 1.56 bits per heavy atom. The van der Waals surface area contributed by atoms with Gasteiger partial charge in [0.05, 0.1) is 5.56 Å². The van der Waals surface area contributed by atoms with Crippen LogP contribution in [0, 0.1) is 0 Å². The van der Waals surface area contributed by atoms with Crippen LogP contribution in [-0.4, -0.2) is 23.5 Å². The largest absolute Gasteiger partial charge is 0.367 e. The van der Waals surface area contributed by atoms with Crippen molar-refractivity contribution in [1.29, 1.82) is 0 Å². The van der Waals surface area contributed by atoms with Crippen molar-refractivity contribution in [2.45, 2.75) is 25.8 Å². The normalized spacial score (nSPS) is 12.1. The minimum absolute atomic E-state index is 0.317. The molecular formula is C11H18N4O. The van der Waals surface area contributed by atoms with E-state index < -0.39 is 5.91 Å². The molecular weight excluding hydrogens is 204 g/mol. The fourth-order valence-electron chi connectivity index (χ4n) is 1.41. The second-order valence-corrected chi connectivity index (χ2v) is 3.62. The number of aromatic nitrogens is 1. The molecule has 5 heteroatoms. The van der Waals surface area contributed by atoms with Crippen LogP contribution in [0.25, 0.3) is 0 Å². The summed E-state index contributed by atoms with van der Waals surface area (Å²) in [5.74, 6) is 0.276. The SMILES string of the molecule is CCC(CCN)Nc1ccc(C(N)=O)cn1. The van der Waals surface area contributed by atoms with E-state index in [4.69, 9.17) is 11.5 Å². The first-order valence-electron chi connectivity index (χ1n) is 5.39. The maximum Gasteiger partial charge on any atom is 0.250 e. The van der Waals surface area contributed by atoms with Crippen LogP contribution in [0.15, 0.2) is 18.3 Å². The van der Waals surface area contributed by atoms with Gasteiger partial charge in [-0.25, -0.2) is 4.98 Å². The number of hydrogen-bond donors (Lipinski definition) is 3. The molecule has 1 rings (SSSR count). The molecule has 0 aliphatic rings. The summed E-state index contributed by atoms with van der Waals surface area (Å²) in [6, 6.07) is 3.73. The highest BCUT2D eigenvalue weighted by molar-refractivity contribution is 5.92. The Bertz CT molecular complexity index is 336. The Morgan fingerprint density at radius 2 is 2.31 bits per heavy atom. The van der Waals surface area contributed by atoms with Crippen LogP contribution in [0.2, 0.25) is 0 Å². The van der Waals surface area contributed by atoms with Crippen LogP contribution < -0.4 is 16.8 Å². The quantitative estimate of drug-likeness (QED) is 0.661. The maximum atomic E-state index is 10.8. The van der Waals surface area contributed by atoms with Crippen LogP contribution in [0.5, 0.6) is 0 Å². The van der Waals surface area contributed by atoms with Gasteiger partial charge in [-0.2, -0.15) is 0 Å². The van der Waals surface area contributed by atoms with E-state index in [9.17, 15) is 4.79 Å². The second-order valence-electron chi connectivity index (χ2n) is 3.62. The predicted octanol–water partition coefficient (Wildman–Crippen LogP) is 0.720. The van der Waals surface area contributed by atoms with E-state index in [0.29, 0.717) is 18.2 Å². The van der Waals surface area contributed by atoms with Crippen molar-refractivity contribution in [2.24, 2.45) is 11.5 Å². The van der Waals surface area contributed by atoms with Crippen molar-refractivity contribution in [2.75, 3.05) is 11.9 Å². The monoisotopic (exact) mass is 222 g/mol. The molecule has 0 radical (unpaired) electrons. The first kappa shape index (κ1) is 12.4. The molecule has 0 fully saturated rings. The molecule has 1 unspecified atom stereocenters. The Balaban J connectivity index is 2.63. The molecule has 0 aliphatic carbocycles. The molecule has 0 aromatic carbocycles. The molecule has 1 aromatic heterocycles. The zero-order valence-electron chi connectivity index (χ0n) is 9.44. The van der Waals surface area contributed by atoms with Gasteiger partial charge in [-0.15, -0.1) is 0 Å². The second kappa shape index (κ2) is 6.07. The average Bonchev–Trinajstić information content (AvgIpc) is 2.29. The lowest BCUT2D eigenvalue weighted by Crippen LogP contribution is -2.22.